The molecule has 2 N–H and O–H groups in total. The van der Waals surface area contributed by atoms with Crippen molar-refractivity contribution in [2.45, 2.75) is 42.4 Å². The first-order valence-electron chi connectivity index (χ1n) is 6.39. The van der Waals surface area contributed by atoms with Gasteiger partial charge in [0.1, 0.15) is 6.61 Å². The van der Waals surface area contributed by atoms with E-state index in [4.69, 9.17) is 10.5 Å². The van der Waals surface area contributed by atoms with Gasteiger partial charge in [-0.3, -0.25) is 4.79 Å². The van der Waals surface area contributed by atoms with E-state index in [2.05, 4.69) is 12.1 Å². The summed E-state index contributed by atoms with van der Waals surface area (Å²) in [5.41, 5.74) is 6.18. The summed E-state index contributed by atoms with van der Waals surface area (Å²) >= 11 is 1.96. The molecule has 0 aromatic heterocycles. The van der Waals surface area contributed by atoms with Crippen molar-refractivity contribution in [2.24, 2.45) is 5.73 Å². The van der Waals surface area contributed by atoms with Crippen molar-refractivity contribution < 1.29 is 9.53 Å². The summed E-state index contributed by atoms with van der Waals surface area (Å²) in [6.07, 6.45) is 5.40. The Labute approximate surface area is 112 Å². The molecule has 0 bridgehead atoms. The highest BCUT2D eigenvalue weighted by Crippen LogP contribution is 2.34. The molecule has 0 amide bonds. The van der Waals surface area contributed by atoms with Crippen LogP contribution in [0.15, 0.2) is 29.2 Å². The zero-order valence-corrected chi connectivity index (χ0v) is 11.2. The normalized spacial score (nSPS) is 15.8. The Morgan fingerprint density at radius 3 is 2.56 bits per heavy atom. The number of thioether (sulfide) groups is 1. The molecule has 0 heterocycles. The van der Waals surface area contributed by atoms with Crippen molar-refractivity contribution in [3.05, 3.63) is 29.8 Å². The van der Waals surface area contributed by atoms with Gasteiger partial charge < -0.3 is 10.5 Å². The van der Waals surface area contributed by atoms with E-state index in [-0.39, 0.29) is 12.5 Å². The number of hydrogen-bond donors (Lipinski definition) is 1. The van der Waals surface area contributed by atoms with E-state index >= 15 is 0 Å². The minimum absolute atomic E-state index is 0.0599. The van der Waals surface area contributed by atoms with Gasteiger partial charge in [-0.1, -0.05) is 25.0 Å². The Bertz CT molecular complexity index is 385. The van der Waals surface area contributed by atoms with Crippen LogP contribution in [0, 0.1) is 0 Å². The molecule has 3 nitrogen and oxygen atoms in total. The van der Waals surface area contributed by atoms with E-state index in [1.807, 2.05) is 23.9 Å². The van der Waals surface area contributed by atoms with E-state index in [1.165, 1.54) is 30.6 Å². The van der Waals surface area contributed by atoms with Gasteiger partial charge in [-0.05, 0) is 30.5 Å². The molecule has 1 aromatic rings. The SMILES string of the molecule is NCC(=O)OCc1ccc(SC2CCCC2)cc1. The maximum Gasteiger partial charge on any atom is 0.320 e. The summed E-state index contributed by atoms with van der Waals surface area (Å²) < 4.78 is 4.98. The molecule has 0 radical (unpaired) electrons. The summed E-state index contributed by atoms with van der Waals surface area (Å²) in [5.74, 6) is -0.362. The third-order valence-electron chi connectivity index (χ3n) is 3.09. The fourth-order valence-electron chi connectivity index (χ4n) is 2.09. The van der Waals surface area contributed by atoms with E-state index in [0.717, 1.165) is 10.8 Å². The van der Waals surface area contributed by atoms with Gasteiger partial charge in [0, 0.05) is 10.1 Å². The minimum Gasteiger partial charge on any atom is -0.460 e. The summed E-state index contributed by atoms with van der Waals surface area (Å²) in [6.45, 7) is 0.250. The molecule has 1 aromatic carbocycles. The lowest BCUT2D eigenvalue weighted by molar-refractivity contribution is -0.143. The van der Waals surface area contributed by atoms with Crippen molar-refractivity contribution in [3.8, 4) is 0 Å². The van der Waals surface area contributed by atoms with E-state index in [9.17, 15) is 4.79 Å². The molecule has 0 saturated heterocycles. The molecule has 98 valence electrons. The topological polar surface area (TPSA) is 52.3 Å². The fraction of sp³-hybridized carbons (Fsp3) is 0.500. The number of carbonyl (C=O) groups is 1. The maximum absolute atomic E-state index is 10.9. The van der Waals surface area contributed by atoms with Crippen molar-refractivity contribution in [3.63, 3.8) is 0 Å². The predicted octanol–water partition coefficient (Wildman–Crippen LogP) is 2.72. The summed E-state index contributed by atoms with van der Waals surface area (Å²) in [5, 5.41) is 0.783. The Morgan fingerprint density at radius 2 is 1.94 bits per heavy atom. The van der Waals surface area contributed by atoms with Crippen molar-refractivity contribution in [1.29, 1.82) is 0 Å². The van der Waals surface area contributed by atoms with Crippen molar-refractivity contribution in [1.82, 2.24) is 0 Å². The van der Waals surface area contributed by atoms with Gasteiger partial charge in [0.25, 0.3) is 0 Å². The second-order valence-corrected chi connectivity index (χ2v) is 5.91. The van der Waals surface area contributed by atoms with Gasteiger partial charge in [-0.15, -0.1) is 11.8 Å². The zero-order valence-electron chi connectivity index (χ0n) is 10.4. The standard InChI is InChI=1S/C14H19NO2S/c15-9-14(16)17-10-11-5-7-13(8-6-11)18-12-3-1-2-4-12/h5-8,12H,1-4,9-10,15H2. The summed E-state index contributed by atoms with van der Waals surface area (Å²) in [4.78, 5) is 12.2. The quantitative estimate of drug-likeness (QED) is 0.832. The van der Waals surface area contributed by atoms with E-state index in [0.29, 0.717) is 6.61 Å². The van der Waals surface area contributed by atoms with Crippen LogP contribution in [-0.2, 0) is 16.1 Å². The average Bonchev–Trinajstić information content (AvgIpc) is 2.90. The van der Waals surface area contributed by atoms with E-state index in [1.54, 1.807) is 0 Å². The zero-order chi connectivity index (χ0) is 12.8. The Balaban J connectivity index is 1.82. The molecule has 2 rings (SSSR count). The van der Waals surface area contributed by atoms with Crippen LogP contribution in [0.4, 0.5) is 0 Å². The number of carbonyl (C=O) groups excluding carboxylic acids is 1. The van der Waals surface area contributed by atoms with Crippen LogP contribution in [0.25, 0.3) is 0 Å². The summed E-state index contributed by atoms with van der Waals surface area (Å²) in [6, 6.07) is 8.24. The summed E-state index contributed by atoms with van der Waals surface area (Å²) in [7, 11) is 0. The molecule has 18 heavy (non-hydrogen) atoms. The lowest BCUT2D eigenvalue weighted by Gasteiger charge is -2.09. The first-order valence-corrected chi connectivity index (χ1v) is 7.27. The minimum atomic E-state index is -0.362. The number of benzene rings is 1. The highest BCUT2D eigenvalue weighted by Gasteiger charge is 2.15. The molecule has 1 aliphatic carbocycles. The molecular weight excluding hydrogens is 246 g/mol. The molecule has 1 aliphatic rings. The monoisotopic (exact) mass is 265 g/mol. The maximum atomic E-state index is 10.9. The number of hydrogen-bond acceptors (Lipinski definition) is 4. The highest BCUT2D eigenvalue weighted by atomic mass is 32.2. The molecule has 0 aliphatic heterocycles. The van der Waals surface area contributed by atoms with Crippen LogP contribution >= 0.6 is 11.8 Å². The van der Waals surface area contributed by atoms with Crippen LogP contribution in [-0.4, -0.2) is 17.8 Å². The molecule has 4 heteroatoms. The van der Waals surface area contributed by atoms with Gasteiger partial charge in [0.15, 0.2) is 0 Å². The number of esters is 1. The average molecular weight is 265 g/mol. The first-order chi connectivity index (χ1) is 8.78. The van der Waals surface area contributed by atoms with Crippen LogP contribution < -0.4 is 5.73 Å². The lowest BCUT2D eigenvalue weighted by Crippen LogP contribution is -2.16. The molecule has 0 unspecified atom stereocenters. The molecule has 1 fully saturated rings. The fourth-order valence-corrected chi connectivity index (χ4v) is 3.33. The third kappa shape index (κ3) is 4.03. The van der Waals surface area contributed by atoms with Crippen LogP contribution in [0.2, 0.25) is 0 Å². The molecule has 1 saturated carbocycles. The highest BCUT2D eigenvalue weighted by molar-refractivity contribution is 8.00. The van der Waals surface area contributed by atoms with Crippen LogP contribution in [0.5, 0.6) is 0 Å². The van der Waals surface area contributed by atoms with Gasteiger partial charge >= 0.3 is 5.97 Å². The lowest BCUT2D eigenvalue weighted by atomic mass is 10.2. The van der Waals surface area contributed by atoms with E-state index < -0.39 is 0 Å². The van der Waals surface area contributed by atoms with Gasteiger partial charge in [0.05, 0.1) is 6.54 Å². The Hall–Kier alpha value is -1.00. The largest absolute Gasteiger partial charge is 0.460 e. The Morgan fingerprint density at radius 1 is 1.28 bits per heavy atom. The Kier molecular flexibility index (Phi) is 5.08. The van der Waals surface area contributed by atoms with Gasteiger partial charge in [0.2, 0.25) is 0 Å². The van der Waals surface area contributed by atoms with Crippen molar-refractivity contribution >= 4 is 17.7 Å². The predicted molar refractivity (Wildman–Crippen MR) is 73.4 cm³/mol. The van der Waals surface area contributed by atoms with Crippen molar-refractivity contribution in [2.75, 3.05) is 6.54 Å². The number of ether oxygens (including phenoxy) is 1. The second-order valence-electron chi connectivity index (χ2n) is 4.53. The number of rotatable bonds is 5. The molecule has 0 spiro atoms. The smallest absolute Gasteiger partial charge is 0.320 e. The first kappa shape index (κ1) is 13.4. The van der Waals surface area contributed by atoms with Gasteiger partial charge in [-0.25, -0.2) is 0 Å². The number of nitrogens with two attached hydrogens (primary N) is 1. The van der Waals surface area contributed by atoms with Crippen LogP contribution in [0.3, 0.4) is 0 Å². The molecule has 0 atom stereocenters. The molecular formula is C14H19NO2S. The second kappa shape index (κ2) is 6.81. The third-order valence-corrected chi connectivity index (χ3v) is 4.44. The van der Waals surface area contributed by atoms with Gasteiger partial charge in [-0.2, -0.15) is 0 Å². The van der Waals surface area contributed by atoms with Crippen LogP contribution in [0.1, 0.15) is 31.2 Å².